The summed E-state index contributed by atoms with van der Waals surface area (Å²) in [7, 11) is 1.50. The summed E-state index contributed by atoms with van der Waals surface area (Å²) >= 11 is 1.22. The number of fused-ring (bicyclic) bond motifs is 1. The SMILES string of the molecule is CCOC(=O)C1=C(C)N=c2s/c(=C/c3ccc(OCC#N)c(OC)c3)c(=O)n2[C@H]1c1ccccc1OC(C)C. The molecule has 39 heavy (non-hydrogen) atoms. The second-order valence-electron chi connectivity index (χ2n) is 8.86. The van der Waals surface area contributed by atoms with Gasteiger partial charge in [-0.2, -0.15) is 5.26 Å². The van der Waals surface area contributed by atoms with Gasteiger partial charge in [-0.05, 0) is 57.5 Å². The predicted octanol–water partition coefficient (Wildman–Crippen LogP) is 3.50. The van der Waals surface area contributed by atoms with Crippen LogP contribution in [0.5, 0.6) is 17.2 Å². The Balaban J connectivity index is 1.91. The van der Waals surface area contributed by atoms with E-state index >= 15 is 0 Å². The number of allylic oxidation sites excluding steroid dienone is 1. The molecule has 9 nitrogen and oxygen atoms in total. The number of carbonyl (C=O) groups excluding carboxylic acids is 1. The molecule has 0 unspecified atom stereocenters. The van der Waals surface area contributed by atoms with Gasteiger partial charge >= 0.3 is 5.97 Å². The van der Waals surface area contributed by atoms with Crippen molar-refractivity contribution in [2.24, 2.45) is 4.99 Å². The Labute approximate surface area is 229 Å². The van der Waals surface area contributed by atoms with Crippen molar-refractivity contribution in [2.75, 3.05) is 20.3 Å². The van der Waals surface area contributed by atoms with E-state index in [1.807, 2.05) is 44.2 Å². The number of benzene rings is 2. The number of nitriles is 1. The fourth-order valence-electron chi connectivity index (χ4n) is 4.31. The maximum atomic E-state index is 13.9. The van der Waals surface area contributed by atoms with Gasteiger partial charge in [-0.25, -0.2) is 9.79 Å². The second-order valence-corrected chi connectivity index (χ2v) is 9.87. The van der Waals surface area contributed by atoms with Crippen molar-refractivity contribution < 1.29 is 23.7 Å². The quantitative estimate of drug-likeness (QED) is 0.377. The first-order valence-electron chi connectivity index (χ1n) is 12.4. The van der Waals surface area contributed by atoms with Crippen LogP contribution in [0.3, 0.4) is 0 Å². The van der Waals surface area contributed by atoms with Crippen LogP contribution >= 0.6 is 11.3 Å². The van der Waals surface area contributed by atoms with Gasteiger partial charge < -0.3 is 18.9 Å². The van der Waals surface area contributed by atoms with Gasteiger partial charge in [0.15, 0.2) is 22.9 Å². The van der Waals surface area contributed by atoms with Gasteiger partial charge in [0.05, 0.1) is 35.6 Å². The van der Waals surface area contributed by atoms with Crippen molar-refractivity contribution in [1.82, 2.24) is 4.57 Å². The summed E-state index contributed by atoms with van der Waals surface area (Å²) in [6.07, 6.45) is 1.62. The molecule has 0 N–H and O–H groups in total. The van der Waals surface area contributed by atoms with Gasteiger partial charge in [0.2, 0.25) is 0 Å². The van der Waals surface area contributed by atoms with Gasteiger partial charge in [0, 0.05) is 5.56 Å². The normalized spacial score (nSPS) is 14.9. The van der Waals surface area contributed by atoms with Crippen LogP contribution in [0.2, 0.25) is 0 Å². The molecular weight excluding hydrogens is 518 g/mol. The minimum absolute atomic E-state index is 0.113. The number of methoxy groups -OCH3 is 1. The molecule has 1 atom stereocenters. The van der Waals surface area contributed by atoms with Gasteiger partial charge in [0.25, 0.3) is 5.56 Å². The molecular formula is C29H29N3O6S. The van der Waals surface area contributed by atoms with Gasteiger partial charge in [-0.3, -0.25) is 9.36 Å². The predicted molar refractivity (Wildman–Crippen MR) is 147 cm³/mol. The molecule has 0 amide bonds. The number of esters is 1. The van der Waals surface area contributed by atoms with Crippen LogP contribution in [0.4, 0.5) is 0 Å². The minimum Gasteiger partial charge on any atom is -0.493 e. The van der Waals surface area contributed by atoms with Crippen molar-refractivity contribution in [3.8, 4) is 23.3 Å². The maximum Gasteiger partial charge on any atom is 0.338 e. The monoisotopic (exact) mass is 547 g/mol. The third-order valence-corrected chi connectivity index (χ3v) is 6.85. The molecule has 1 aliphatic heterocycles. The molecule has 0 saturated heterocycles. The van der Waals surface area contributed by atoms with Crippen molar-refractivity contribution in [3.05, 3.63) is 84.5 Å². The van der Waals surface area contributed by atoms with E-state index in [1.165, 1.54) is 23.0 Å². The number of carbonyl (C=O) groups is 1. The Morgan fingerprint density at radius 1 is 1.21 bits per heavy atom. The summed E-state index contributed by atoms with van der Waals surface area (Å²) in [5, 5.41) is 8.81. The molecule has 10 heteroatoms. The average molecular weight is 548 g/mol. The number of hydrogen-bond acceptors (Lipinski definition) is 9. The zero-order valence-corrected chi connectivity index (χ0v) is 23.2. The number of thiazole rings is 1. The Morgan fingerprint density at radius 3 is 2.67 bits per heavy atom. The van der Waals surface area contributed by atoms with E-state index in [1.54, 1.807) is 38.1 Å². The molecule has 3 aromatic rings. The molecule has 0 bridgehead atoms. The number of aromatic nitrogens is 1. The lowest BCUT2D eigenvalue weighted by Crippen LogP contribution is -2.40. The van der Waals surface area contributed by atoms with Crippen LogP contribution < -0.4 is 29.1 Å². The summed E-state index contributed by atoms with van der Waals surface area (Å²) in [5.74, 6) is 0.898. The van der Waals surface area contributed by atoms with Crippen LogP contribution in [0.1, 0.15) is 44.9 Å². The number of hydrogen-bond donors (Lipinski definition) is 0. The Hall–Kier alpha value is -4.36. The van der Waals surface area contributed by atoms with E-state index in [9.17, 15) is 9.59 Å². The summed E-state index contributed by atoms with van der Waals surface area (Å²) in [4.78, 5) is 32.2. The zero-order valence-electron chi connectivity index (χ0n) is 22.4. The highest BCUT2D eigenvalue weighted by Gasteiger charge is 2.35. The van der Waals surface area contributed by atoms with Crippen molar-refractivity contribution in [1.29, 1.82) is 5.26 Å². The molecule has 0 spiro atoms. The molecule has 1 aromatic heterocycles. The van der Waals surface area contributed by atoms with E-state index in [-0.39, 0.29) is 30.5 Å². The molecule has 0 saturated carbocycles. The standard InChI is InChI=1S/C29H29N3O6S/c1-6-36-28(34)25-18(4)31-29-32(26(25)20-9-7-8-10-21(20)38-17(2)3)27(33)24(39-29)16-19-11-12-22(37-14-13-30)23(15-19)35-5/h7-12,15-17,26H,6,14H2,1-5H3/b24-16+/t26-/m0/s1. The number of ether oxygens (including phenoxy) is 4. The van der Waals surface area contributed by atoms with E-state index in [0.717, 1.165) is 0 Å². The molecule has 4 rings (SSSR count). The molecule has 2 heterocycles. The Morgan fingerprint density at radius 2 is 1.97 bits per heavy atom. The molecule has 0 fully saturated rings. The third-order valence-electron chi connectivity index (χ3n) is 5.87. The van der Waals surface area contributed by atoms with E-state index in [2.05, 4.69) is 4.99 Å². The first-order valence-corrected chi connectivity index (χ1v) is 13.2. The highest BCUT2D eigenvalue weighted by molar-refractivity contribution is 7.07. The smallest absolute Gasteiger partial charge is 0.338 e. The Bertz CT molecular complexity index is 1640. The molecule has 0 aliphatic carbocycles. The first-order chi connectivity index (χ1) is 18.8. The van der Waals surface area contributed by atoms with Gasteiger partial charge in [-0.15, -0.1) is 0 Å². The van der Waals surface area contributed by atoms with Crippen LogP contribution in [0.25, 0.3) is 6.08 Å². The maximum absolute atomic E-state index is 13.9. The van der Waals surface area contributed by atoms with Crippen LogP contribution in [0.15, 0.2) is 63.5 Å². The summed E-state index contributed by atoms with van der Waals surface area (Å²) in [6, 6.07) is 13.7. The molecule has 0 radical (unpaired) electrons. The molecule has 2 aromatic carbocycles. The largest absolute Gasteiger partial charge is 0.493 e. The average Bonchev–Trinajstić information content (AvgIpc) is 3.21. The summed E-state index contributed by atoms with van der Waals surface area (Å²) in [5.41, 5.74) is 1.82. The topological polar surface area (TPSA) is 112 Å². The van der Waals surface area contributed by atoms with Crippen LogP contribution in [0, 0.1) is 11.3 Å². The highest BCUT2D eigenvalue weighted by Crippen LogP contribution is 2.36. The number of nitrogens with zero attached hydrogens (tertiary/aromatic N) is 3. The van der Waals surface area contributed by atoms with Gasteiger partial charge in [-0.1, -0.05) is 35.6 Å². The van der Waals surface area contributed by atoms with Crippen LogP contribution in [-0.4, -0.2) is 37.0 Å². The summed E-state index contributed by atoms with van der Waals surface area (Å²) in [6.45, 7) is 7.39. The lowest BCUT2D eigenvalue weighted by atomic mass is 9.95. The highest BCUT2D eigenvalue weighted by atomic mass is 32.1. The number of rotatable bonds is 9. The second kappa shape index (κ2) is 12.0. The lowest BCUT2D eigenvalue weighted by molar-refractivity contribution is -0.139. The van der Waals surface area contributed by atoms with Crippen molar-refractivity contribution in [2.45, 2.75) is 39.8 Å². The lowest BCUT2D eigenvalue weighted by Gasteiger charge is -2.26. The van der Waals surface area contributed by atoms with E-state index in [0.29, 0.717) is 43.4 Å². The van der Waals surface area contributed by atoms with Crippen molar-refractivity contribution >= 4 is 23.4 Å². The fraction of sp³-hybridized carbons (Fsp3) is 0.310. The van der Waals surface area contributed by atoms with E-state index in [4.69, 9.17) is 24.2 Å². The first kappa shape index (κ1) is 27.7. The van der Waals surface area contributed by atoms with Crippen molar-refractivity contribution in [3.63, 3.8) is 0 Å². The fourth-order valence-corrected chi connectivity index (χ4v) is 5.35. The van der Waals surface area contributed by atoms with Gasteiger partial charge in [0.1, 0.15) is 17.9 Å². The minimum atomic E-state index is -0.784. The van der Waals surface area contributed by atoms with E-state index < -0.39 is 12.0 Å². The summed E-state index contributed by atoms with van der Waals surface area (Å²) < 4.78 is 24.2. The Kier molecular flexibility index (Phi) is 8.52. The third kappa shape index (κ3) is 5.73. The van der Waals surface area contributed by atoms with Crippen LogP contribution in [-0.2, 0) is 9.53 Å². The number of para-hydroxylation sites is 1. The molecule has 202 valence electrons. The molecule has 1 aliphatic rings. The zero-order chi connectivity index (χ0) is 28.1.